The maximum absolute atomic E-state index is 4.00. The Morgan fingerprint density at radius 2 is 1.44 bits per heavy atom. The van der Waals surface area contributed by atoms with Crippen molar-refractivity contribution in [2.24, 2.45) is 0 Å². The first-order chi connectivity index (χ1) is 6.93. The molecule has 0 unspecified atom stereocenters. The van der Waals surface area contributed by atoms with Crippen molar-refractivity contribution in [3.63, 3.8) is 0 Å². The van der Waals surface area contributed by atoms with Crippen LogP contribution >= 0.6 is 0 Å². The van der Waals surface area contributed by atoms with Crippen LogP contribution in [0.15, 0.2) is 30.3 Å². The molecule has 80 valence electrons. The van der Waals surface area contributed by atoms with Crippen LogP contribution in [0, 0.1) is 6.92 Å². The Bertz CT molecular complexity index is 182. The van der Waals surface area contributed by atoms with Gasteiger partial charge in [0, 0.05) is 80.9 Å². The van der Waals surface area contributed by atoms with E-state index in [-0.39, 0.29) is 65.4 Å². The summed E-state index contributed by atoms with van der Waals surface area (Å²) in [4.78, 5) is 0. The molecule has 0 nitrogen and oxygen atoms in total. The van der Waals surface area contributed by atoms with Crippen LogP contribution in [0.4, 0.5) is 0 Å². The molecule has 1 aromatic carbocycles. The van der Waals surface area contributed by atoms with Crippen LogP contribution in [0.2, 0.25) is 0 Å². The van der Waals surface area contributed by atoms with Crippen molar-refractivity contribution in [1.29, 1.82) is 0 Å². The molecule has 0 aromatic heterocycles. The third-order valence-electron chi connectivity index (χ3n) is 1.56. The Balaban J connectivity index is -0.000000109. The minimum absolute atomic E-state index is 0. The van der Waals surface area contributed by atoms with Crippen molar-refractivity contribution in [2.75, 3.05) is 0 Å². The van der Waals surface area contributed by atoms with Gasteiger partial charge in [-0.2, -0.15) is 6.42 Å². The second-order valence-electron chi connectivity index (χ2n) is 2.44. The standard InChI is InChI=1S/C10H13.C2H6.B2.2Y/c1-2-3-7-10-8-5-4-6-9-10;2*1-2;;/h4-6,8-9H,1-3,7H2;1-2H3;;;/q-1;;;;. The van der Waals surface area contributed by atoms with E-state index in [2.05, 4.69) is 46.7 Å². The summed E-state index contributed by atoms with van der Waals surface area (Å²) < 4.78 is 0. The average Bonchev–Trinajstić information content (AvgIpc) is 2.33. The monoisotopic (exact) mass is 363 g/mol. The fourth-order valence-electron chi connectivity index (χ4n) is 0.974. The molecule has 0 bridgehead atoms. The molecule has 0 saturated carbocycles. The summed E-state index contributed by atoms with van der Waals surface area (Å²) in [5.41, 5.74) is 1.42. The zero-order chi connectivity index (χ0) is 11.2. The van der Waals surface area contributed by atoms with E-state index >= 15 is 0 Å². The molecule has 6 radical (unpaired) electrons. The van der Waals surface area contributed by atoms with Gasteiger partial charge >= 0.3 is 0 Å². The minimum Gasteiger partial charge on any atom is -0.343 e. The molecule has 0 N–H and O–H groups in total. The molecule has 0 aliphatic heterocycles. The van der Waals surface area contributed by atoms with Crippen LogP contribution in [0.1, 0.15) is 32.3 Å². The van der Waals surface area contributed by atoms with E-state index in [1.54, 1.807) is 0 Å². The van der Waals surface area contributed by atoms with Gasteiger partial charge in [0.1, 0.15) is 0 Å². The summed E-state index contributed by atoms with van der Waals surface area (Å²) in [6, 6.07) is 10.5. The number of rotatable bonds is 3. The van der Waals surface area contributed by atoms with Gasteiger partial charge in [-0.25, -0.2) is 0 Å². The number of hydrogen-bond acceptors (Lipinski definition) is 0. The smallest absolute Gasteiger partial charge is 0 e. The van der Waals surface area contributed by atoms with Crippen LogP contribution in [-0.2, 0) is 71.8 Å². The number of hydrogen-bond donors (Lipinski definition) is 0. The molecule has 0 aliphatic rings. The molecule has 0 atom stereocenters. The van der Waals surface area contributed by atoms with Crippen molar-refractivity contribution in [2.45, 2.75) is 33.1 Å². The van der Waals surface area contributed by atoms with Crippen LogP contribution in [0.25, 0.3) is 0 Å². The van der Waals surface area contributed by atoms with Gasteiger partial charge in [-0.1, -0.05) is 50.6 Å². The Labute approximate surface area is 155 Å². The molecule has 0 saturated heterocycles. The van der Waals surface area contributed by atoms with Crippen LogP contribution in [0.3, 0.4) is 0 Å². The zero-order valence-electron chi connectivity index (χ0n) is 10.5. The first-order valence-corrected chi connectivity index (χ1v) is 5.10. The molecule has 0 spiro atoms. The Morgan fingerprint density at radius 3 is 1.81 bits per heavy atom. The zero-order valence-corrected chi connectivity index (χ0v) is 16.2. The van der Waals surface area contributed by atoms with Crippen molar-refractivity contribution in [3.8, 4) is 0 Å². The topological polar surface area (TPSA) is 0 Å². The summed E-state index contributed by atoms with van der Waals surface area (Å²) in [6.07, 6.45) is 3.41. The molecule has 0 aliphatic carbocycles. The summed E-state index contributed by atoms with van der Waals surface area (Å²) in [6.45, 7) is 7.80. The second-order valence-corrected chi connectivity index (χ2v) is 2.44. The predicted octanol–water partition coefficient (Wildman–Crippen LogP) is 3.10. The van der Waals surface area contributed by atoms with Crippen LogP contribution in [-0.4, -0.2) is 15.5 Å². The number of aryl methyl sites for hydroxylation is 1. The van der Waals surface area contributed by atoms with Gasteiger partial charge in [0.05, 0.1) is 0 Å². The summed E-state index contributed by atoms with van der Waals surface area (Å²) in [7, 11) is 8.00. The summed E-state index contributed by atoms with van der Waals surface area (Å²) >= 11 is 0. The van der Waals surface area contributed by atoms with Crippen LogP contribution in [0.5, 0.6) is 0 Å². The van der Waals surface area contributed by atoms with Gasteiger partial charge in [-0.15, -0.1) is 0 Å². The van der Waals surface area contributed by atoms with Gasteiger partial charge in [0.25, 0.3) is 0 Å². The fraction of sp³-hybridized carbons (Fsp3) is 0.417. The third-order valence-corrected chi connectivity index (χ3v) is 1.56. The van der Waals surface area contributed by atoms with E-state index in [1.165, 1.54) is 18.4 Å². The Morgan fingerprint density at radius 1 is 1.00 bits per heavy atom. The van der Waals surface area contributed by atoms with E-state index in [0.29, 0.717) is 0 Å². The average molecular weight is 363 g/mol. The molecule has 0 fully saturated rings. The molecule has 16 heavy (non-hydrogen) atoms. The summed E-state index contributed by atoms with van der Waals surface area (Å²) in [5, 5.41) is 0. The van der Waals surface area contributed by atoms with Gasteiger partial charge in [-0.3, -0.25) is 0 Å². The molecular weight excluding hydrogens is 344 g/mol. The second kappa shape index (κ2) is 25.4. The Hall–Kier alpha value is 1.56. The van der Waals surface area contributed by atoms with Crippen molar-refractivity contribution >= 4 is 15.5 Å². The molecule has 1 aromatic rings. The molecule has 4 heteroatoms. The number of benzene rings is 1. The fourth-order valence-corrected chi connectivity index (χ4v) is 0.974. The maximum Gasteiger partial charge on any atom is 0 e. The normalized spacial score (nSPS) is 6.69. The van der Waals surface area contributed by atoms with E-state index in [0.717, 1.165) is 6.42 Å². The van der Waals surface area contributed by atoms with E-state index in [4.69, 9.17) is 0 Å². The maximum atomic E-state index is 4.00. The summed E-state index contributed by atoms with van der Waals surface area (Å²) in [5.74, 6) is 0. The van der Waals surface area contributed by atoms with Gasteiger partial charge < -0.3 is 6.92 Å². The predicted molar refractivity (Wildman–Crippen MR) is 67.6 cm³/mol. The third kappa shape index (κ3) is 17.9. The molecule has 0 amide bonds. The van der Waals surface area contributed by atoms with Gasteiger partial charge in [-0.05, 0) is 12.0 Å². The van der Waals surface area contributed by atoms with E-state index < -0.39 is 0 Å². The van der Waals surface area contributed by atoms with Gasteiger partial charge in [0.2, 0.25) is 0 Å². The van der Waals surface area contributed by atoms with Crippen molar-refractivity contribution in [3.05, 3.63) is 42.8 Å². The van der Waals surface area contributed by atoms with Crippen molar-refractivity contribution < 1.29 is 65.4 Å². The van der Waals surface area contributed by atoms with Crippen LogP contribution < -0.4 is 0 Å². The van der Waals surface area contributed by atoms with Crippen molar-refractivity contribution in [1.82, 2.24) is 0 Å². The van der Waals surface area contributed by atoms with E-state index in [9.17, 15) is 0 Å². The minimum atomic E-state index is 0. The molecule has 1 rings (SSSR count). The first kappa shape index (κ1) is 26.2. The van der Waals surface area contributed by atoms with E-state index in [1.807, 2.05) is 19.9 Å². The largest absolute Gasteiger partial charge is 0.343 e. The van der Waals surface area contributed by atoms with Gasteiger partial charge in [0.15, 0.2) is 0 Å². The number of unbranched alkanes of at least 4 members (excludes halogenated alkanes) is 1. The first-order valence-electron chi connectivity index (χ1n) is 5.10. The quantitative estimate of drug-likeness (QED) is 0.572. The SMILES string of the molecule is CC.[B][B].[CH2-]CCCc1ccccc1.[Y].[Y]. The molecule has 0 heterocycles. The molecular formula is C12H19B2Y2-. The Kier molecular flexibility index (Phi) is 41.6.